The molecule has 1 aliphatic heterocycles. The molecule has 0 bridgehead atoms. The second kappa shape index (κ2) is 6.16. The lowest BCUT2D eigenvalue weighted by Crippen LogP contribution is -2.44. The molecular formula is C17H19N9O. The van der Waals surface area contributed by atoms with Crippen LogP contribution >= 0.6 is 0 Å². The Morgan fingerprint density at radius 3 is 2.93 bits per heavy atom. The van der Waals surface area contributed by atoms with Crippen LogP contribution in [0.1, 0.15) is 6.92 Å². The molecule has 5 heterocycles. The first kappa shape index (κ1) is 15.9. The van der Waals surface area contributed by atoms with Gasteiger partial charge in [-0.3, -0.25) is 9.78 Å². The highest BCUT2D eigenvalue weighted by molar-refractivity contribution is 5.77. The van der Waals surface area contributed by atoms with Crippen molar-refractivity contribution in [2.24, 2.45) is 7.05 Å². The van der Waals surface area contributed by atoms with Gasteiger partial charge in [0.2, 0.25) is 5.95 Å². The smallest absolute Gasteiger partial charge is 0.244 e. The van der Waals surface area contributed by atoms with Crippen LogP contribution in [0, 0.1) is 0 Å². The fourth-order valence-corrected chi connectivity index (χ4v) is 3.38. The van der Waals surface area contributed by atoms with Gasteiger partial charge in [-0.2, -0.15) is 10.2 Å². The molecule has 0 spiro atoms. The number of fused-ring (bicyclic) bond motifs is 1. The fraction of sp³-hybridized carbons (Fsp3) is 0.353. The Balaban J connectivity index is 1.76. The van der Waals surface area contributed by atoms with Crippen molar-refractivity contribution in [2.75, 3.05) is 24.7 Å². The second-order valence-corrected chi connectivity index (χ2v) is 6.57. The molecule has 10 nitrogen and oxygen atoms in total. The van der Waals surface area contributed by atoms with Crippen LogP contribution in [-0.4, -0.2) is 65.4 Å². The summed E-state index contributed by atoms with van der Waals surface area (Å²) in [7, 11) is 1.90. The second-order valence-electron chi connectivity index (χ2n) is 6.57. The van der Waals surface area contributed by atoms with Crippen molar-refractivity contribution in [3.05, 3.63) is 30.7 Å². The van der Waals surface area contributed by atoms with Gasteiger partial charge in [-0.25, -0.2) is 14.5 Å². The minimum absolute atomic E-state index is 0.190. The molecule has 1 fully saturated rings. The molecule has 1 aliphatic rings. The maximum absolute atomic E-state index is 5.57. The largest absolute Gasteiger partial charge is 0.377 e. The number of aryl methyl sites for hydroxylation is 1. The van der Waals surface area contributed by atoms with E-state index in [4.69, 9.17) is 14.8 Å². The van der Waals surface area contributed by atoms with E-state index in [2.05, 4.69) is 32.1 Å². The molecule has 0 aliphatic carbocycles. The summed E-state index contributed by atoms with van der Waals surface area (Å²) < 4.78 is 9.19. The molecule has 138 valence electrons. The van der Waals surface area contributed by atoms with Gasteiger partial charge < -0.3 is 9.64 Å². The van der Waals surface area contributed by atoms with E-state index in [-0.39, 0.29) is 6.04 Å². The predicted octanol–water partition coefficient (Wildman–Crippen LogP) is 1.14. The van der Waals surface area contributed by atoms with E-state index in [0.29, 0.717) is 25.0 Å². The van der Waals surface area contributed by atoms with E-state index in [1.165, 1.54) is 0 Å². The minimum Gasteiger partial charge on any atom is -0.377 e. The van der Waals surface area contributed by atoms with Crippen LogP contribution in [0.2, 0.25) is 0 Å². The van der Waals surface area contributed by atoms with E-state index in [0.717, 1.165) is 29.1 Å². The first-order valence-corrected chi connectivity index (χ1v) is 8.80. The quantitative estimate of drug-likeness (QED) is 0.581. The van der Waals surface area contributed by atoms with Gasteiger partial charge in [-0.1, -0.05) is 0 Å². The molecule has 4 aromatic heterocycles. The average Bonchev–Trinajstić information content (AvgIpc) is 3.41. The molecule has 1 atom stereocenters. The molecule has 0 saturated carbocycles. The maximum Gasteiger partial charge on any atom is 0.244 e. The highest BCUT2D eigenvalue weighted by Gasteiger charge is 2.25. The first-order valence-electron chi connectivity index (χ1n) is 8.80. The standard InChI is InChI=1S/C17H19N9O/c1-11-10-27-8-7-25(11)17-21-15(13-4-6-20-24(13)2)14-9-18-16(26(14)23-17)12-3-5-19-22-12/h3-6,9,11H,7-8,10H2,1-2H3,(H,19,22). The van der Waals surface area contributed by atoms with Crippen LogP contribution < -0.4 is 4.90 Å². The number of aromatic amines is 1. The summed E-state index contributed by atoms with van der Waals surface area (Å²) in [5, 5.41) is 16.1. The van der Waals surface area contributed by atoms with Gasteiger partial charge in [0.1, 0.15) is 16.9 Å². The van der Waals surface area contributed by atoms with Crippen molar-refractivity contribution in [1.29, 1.82) is 0 Å². The number of nitrogens with one attached hydrogen (secondary N) is 1. The number of anilines is 1. The topological polar surface area (TPSA) is 102 Å². The Morgan fingerprint density at radius 1 is 1.26 bits per heavy atom. The van der Waals surface area contributed by atoms with Crippen molar-refractivity contribution in [3.63, 3.8) is 0 Å². The summed E-state index contributed by atoms with van der Waals surface area (Å²) in [5.41, 5.74) is 3.30. The molecule has 5 rings (SSSR count). The van der Waals surface area contributed by atoms with E-state index in [1.54, 1.807) is 23.3 Å². The maximum atomic E-state index is 5.57. The van der Waals surface area contributed by atoms with Crippen LogP contribution in [-0.2, 0) is 11.8 Å². The van der Waals surface area contributed by atoms with Crippen molar-refractivity contribution in [1.82, 2.24) is 39.6 Å². The lowest BCUT2D eigenvalue weighted by Gasteiger charge is -2.33. The minimum atomic E-state index is 0.190. The number of hydrogen-bond acceptors (Lipinski definition) is 7. The Labute approximate surface area is 154 Å². The van der Waals surface area contributed by atoms with Crippen LogP contribution in [0.15, 0.2) is 30.7 Å². The number of nitrogens with zero attached hydrogens (tertiary/aromatic N) is 8. The van der Waals surface area contributed by atoms with Crippen molar-refractivity contribution >= 4 is 11.5 Å². The summed E-state index contributed by atoms with van der Waals surface area (Å²) >= 11 is 0. The lowest BCUT2D eigenvalue weighted by atomic mass is 10.2. The molecule has 0 aromatic carbocycles. The zero-order valence-corrected chi connectivity index (χ0v) is 15.1. The summed E-state index contributed by atoms with van der Waals surface area (Å²) in [5.74, 6) is 1.34. The number of H-pyrrole nitrogens is 1. The van der Waals surface area contributed by atoms with E-state index in [1.807, 2.05) is 23.7 Å². The third kappa shape index (κ3) is 2.56. The van der Waals surface area contributed by atoms with Crippen LogP contribution in [0.4, 0.5) is 5.95 Å². The van der Waals surface area contributed by atoms with Gasteiger partial charge in [-0.05, 0) is 19.1 Å². The highest BCUT2D eigenvalue weighted by Crippen LogP contribution is 2.28. The summed E-state index contributed by atoms with van der Waals surface area (Å²) in [6, 6.07) is 4.00. The van der Waals surface area contributed by atoms with Crippen molar-refractivity contribution < 1.29 is 4.74 Å². The van der Waals surface area contributed by atoms with E-state index >= 15 is 0 Å². The molecule has 27 heavy (non-hydrogen) atoms. The Kier molecular flexibility index (Phi) is 3.64. The first-order chi connectivity index (χ1) is 13.2. The van der Waals surface area contributed by atoms with Gasteiger partial charge in [0.15, 0.2) is 5.82 Å². The van der Waals surface area contributed by atoms with Gasteiger partial charge in [0.25, 0.3) is 0 Å². The molecule has 4 aromatic rings. The number of hydrogen-bond donors (Lipinski definition) is 1. The third-order valence-electron chi connectivity index (χ3n) is 4.81. The number of rotatable bonds is 3. The number of aromatic nitrogens is 8. The fourth-order valence-electron chi connectivity index (χ4n) is 3.38. The lowest BCUT2D eigenvalue weighted by molar-refractivity contribution is 0.0979. The van der Waals surface area contributed by atoms with Crippen LogP contribution in [0.3, 0.4) is 0 Å². The Hall–Kier alpha value is -3.27. The SMILES string of the molecule is CC1COCCN1c1nc(-c2ccnn2C)c2cnc(-c3ccn[nH]3)n2n1. The van der Waals surface area contributed by atoms with E-state index < -0.39 is 0 Å². The Morgan fingerprint density at radius 2 is 2.19 bits per heavy atom. The van der Waals surface area contributed by atoms with Crippen LogP contribution in [0.25, 0.3) is 28.4 Å². The number of ether oxygens (including phenoxy) is 1. The van der Waals surface area contributed by atoms with Gasteiger partial charge in [0, 0.05) is 26.0 Å². The van der Waals surface area contributed by atoms with Crippen LogP contribution in [0.5, 0.6) is 0 Å². The third-order valence-corrected chi connectivity index (χ3v) is 4.81. The van der Waals surface area contributed by atoms with Crippen molar-refractivity contribution in [3.8, 4) is 22.9 Å². The normalized spacial score (nSPS) is 17.7. The molecule has 1 saturated heterocycles. The number of imidazole rings is 1. The summed E-state index contributed by atoms with van der Waals surface area (Å²) in [6.07, 6.45) is 5.24. The zero-order valence-electron chi connectivity index (χ0n) is 15.1. The van der Waals surface area contributed by atoms with Gasteiger partial charge >= 0.3 is 0 Å². The molecule has 1 N–H and O–H groups in total. The van der Waals surface area contributed by atoms with Gasteiger partial charge in [0.05, 0.1) is 31.1 Å². The molecule has 10 heteroatoms. The molecule has 1 unspecified atom stereocenters. The number of morpholine rings is 1. The summed E-state index contributed by atoms with van der Waals surface area (Å²) in [6.45, 7) is 4.16. The summed E-state index contributed by atoms with van der Waals surface area (Å²) in [4.78, 5) is 11.6. The highest BCUT2D eigenvalue weighted by atomic mass is 16.5. The molecular weight excluding hydrogens is 346 g/mol. The molecule has 0 radical (unpaired) electrons. The predicted molar refractivity (Wildman–Crippen MR) is 98.2 cm³/mol. The van der Waals surface area contributed by atoms with Gasteiger partial charge in [-0.15, -0.1) is 5.10 Å². The molecule has 0 amide bonds. The zero-order chi connectivity index (χ0) is 18.4. The average molecular weight is 365 g/mol. The Bertz CT molecular complexity index is 1080. The van der Waals surface area contributed by atoms with Crippen molar-refractivity contribution in [2.45, 2.75) is 13.0 Å². The monoisotopic (exact) mass is 365 g/mol. The van der Waals surface area contributed by atoms with E-state index in [9.17, 15) is 0 Å².